The Morgan fingerprint density at radius 2 is 2.13 bits per heavy atom. The first-order valence-electron chi connectivity index (χ1n) is 7.11. The number of carbonyl (C=O) groups excluding carboxylic acids is 1. The summed E-state index contributed by atoms with van der Waals surface area (Å²) < 4.78 is 7.52. The van der Waals surface area contributed by atoms with Crippen molar-refractivity contribution in [3.8, 4) is 11.3 Å². The molecule has 1 aliphatic heterocycles. The first kappa shape index (κ1) is 16.5. The molecule has 0 aliphatic carbocycles. The van der Waals surface area contributed by atoms with Gasteiger partial charge in [-0.25, -0.2) is 0 Å². The molecule has 1 fully saturated rings. The lowest BCUT2D eigenvalue weighted by molar-refractivity contribution is -0.121. The Labute approximate surface area is 152 Å². The SMILES string of the molecule is CCN1C(=O)/C(=C/c2ccc(-c3ccc(Br)c(C)c3)o2)SC1=S. The van der Waals surface area contributed by atoms with E-state index in [1.165, 1.54) is 11.8 Å². The molecule has 0 spiro atoms. The van der Waals surface area contributed by atoms with Crippen LogP contribution in [0.2, 0.25) is 0 Å². The third-order valence-corrected chi connectivity index (χ3v) is 5.80. The molecule has 0 radical (unpaired) electrons. The summed E-state index contributed by atoms with van der Waals surface area (Å²) in [5.74, 6) is 1.37. The van der Waals surface area contributed by atoms with E-state index < -0.39 is 0 Å². The van der Waals surface area contributed by atoms with Crippen LogP contribution in [0.3, 0.4) is 0 Å². The molecule has 0 unspecified atom stereocenters. The van der Waals surface area contributed by atoms with Gasteiger partial charge in [0.25, 0.3) is 5.91 Å². The van der Waals surface area contributed by atoms with Gasteiger partial charge in [-0.1, -0.05) is 46.0 Å². The van der Waals surface area contributed by atoms with Crippen molar-refractivity contribution in [2.45, 2.75) is 13.8 Å². The normalized spacial score (nSPS) is 16.7. The van der Waals surface area contributed by atoms with Crippen molar-refractivity contribution in [2.75, 3.05) is 6.54 Å². The van der Waals surface area contributed by atoms with Crippen LogP contribution in [0.25, 0.3) is 17.4 Å². The van der Waals surface area contributed by atoms with Gasteiger partial charge in [0.15, 0.2) is 0 Å². The van der Waals surface area contributed by atoms with Gasteiger partial charge in [-0.05, 0) is 43.7 Å². The lowest BCUT2D eigenvalue weighted by Crippen LogP contribution is -2.27. The minimum atomic E-state index is -0.0556. The van der Waals surface area contributed by atoms with Crippen molar-refractivity contribution in [2.24, 2.45) is 0 Å². The van der Waals surface area contributed by atoms with Gasteiger partial charge in [-0.3, -0.25) is 9.69 Å². The number of furan rings is 1. The third kappa shape index (κ3) is 3.29. The number of aryl methyl sites for hydroxylation is 1. The summed E-state index contributed by atoms with van der Waals surface area (Å²) >= 11 is 10.0. The molecule has 3 rings (SSSR count). The number of nitrogens with zero attached hydrogens (tertiary/aromatic N) is 1. The Hall–Kier alpha value is -1.37. The van der Waals surface area contributed by atoms with Crippen LogP contribution in [0.1, 0.15) is 18.2 Å². The minimum Gasteiger partial charge on any atom is -0.457 e. The minimum absolute atomic E-state index is 0.0556. The standard InChI is InChI=1S/C17H14BrNO2S2/c1-3-19-16(20)15(23-17(19)22)9-12-5-7-14(21-12)11-4-6-13(18)10(2)8-11/h4-9H,3H2,1-2H3/b15-9-. The number of rotatable bonds is 3. The zero-order valence-electron chi connectivity index (χ0n) is 12.6. The molecule has 1 aliphatic rings. The number of carbonyl (C=O) groups is 1. The average molecular weight is 408 g/mol. The van der Waals surface area contributed by atoms with Crippen molar-refractivity contribution in [1.82, 2.24) is 4.90 Å². The van der Waals surface area contributed by atoms with E-state index in [1.54, 1.807) is 11.0 Å². The second-order valence-corrected chi connectivity index (χ2v) is 7.62. The highest BCUT2D eigenvalue weighted by molar-refractivity contribution is 9.10. The third-order valence-electron chi connectivity index (χ3n) is 3.53. The molecular formula is C17H14BrNO2S2. The molecule has 3 nitrogen and oxygen atoms in total. The van der Waals surface area contributed by atoms with Crippen LogP contribution >= 0.6 is 39.9 Å². The zero-order chi connectivity index (χ0) is 16.6. The predicted molar refractivity (Wildman–Crippen MR) is 102 cm³/mol. The van der Waals surface area contributed by atoms with E-state index in [4.69, 9.17) is 16.6 Å². The van der Waals surface area contributed by atoms with Crippen LogP contribution in [-0.4, -0.2) is 21.7 Å². The molecule has 0 saturated carbocycles. The van der Waals surface area contributed by atoms with Crippen LogP contribution in [0.4, 0.5) is 0 Å². The molecule has 0 bridgehead atoms. The lowest BCUT2D eigenvalue weighted by Gasteiger charge is -2.09. The van der Waals surface area contributed by atoms with Gasteiger partial charge in [0.1, 0.15) is 15.8 Å². The van der Waals surface area contributed by atoms with Crippen molar-refractivity contribution < 1.29 is 9.21 Å². The topological polar surface area (TPSA) is 33.5 Å². The predicted octanol–water partition coefficient (Wildman–Crippen LogP) is 5.24. The molecular weight excluding hydrogens is 394 g/mol. The summed E-state index contributed by atoms with van der Waals surface area (Å²) in [6.45, 7) is 4.53. The maximum atomic E-state index is 12.2. The monoisotopic (exact) mass is 407 g/mol. The maximum absolute atomic E-state index is 12.2. The van der Waals surface area contributed by atoms with Crippen LogP contribution in [0, 0.1) is 6.92 Å². The van der Waals surface area contributed by atoms with E-state index in [-0.39, 0.29) is 5.91 Å². The summed E-state index contributed by atoms with van der Waals surface area (Å²) in [6, 6.07) is 9.83. The highest BCUT2D eigenvalue weighted by Gasteiger charge is 2.30. The second kappa shape index (κ2) is 6.63. The quantitative estimate of drug-likeness (QED) is 0.514. The van der Waals surface area contributed by atoms with Gasteiger partial charge in [0.05, 0.1) is 4.91 Å². The molecule has 118 valence electrons. The number of thiocarbonyl (C=S) groups is 1. The molecule has 23 heavy (non-hydrogen) atoms. The van der Waals surface area contributed by atoms with E-state index in [0.29, 0.717) is 21.5 Å². The summed E-state index contributed by atoms with van der Waals surface area (Å²) in [7, 11) is 0. The Kier molecular flexibility index (Phi) is 4.75. The van der Waals surface area contributed by atoms with Crippen molar-refractivity contribution in [1.29, 1.82) is 0 Å². The lowest BCUT2D eigenvalue weighted by atomic mass is 10.1. The number of thioether (sulfide) groups is 1. The number of hydrogen-bond acceptors (Lipinski definition) is 4. The first-order valence-corrected chi connectivity index (χ1v) is 9.13. The number of hydrogen-bond donors (Lipinski definition) is 0. The average Bonchev–Trinajstić information content (AvgIpc) is 3.08. The second-order valence-electron chi connectivity index (χ2n) is 5.09. The first-order chi connectivity index (χ1) is 11.0. The number of likely N-dealkylation sites (N-methyl/N-ethyl adjacent to an activating group) is 1. The van der Waals surface area contributed by atoms with Gasteiger partial charge >= 0.3 is 0 Å². The number of halogens is 1. The van der Waals surface area contributed by atoms with Crippen molar-refractivity contribution >= 4 is 56.2 Å². The summed E-state index contributed by atoms with van der Waals surface area (Å²) in [5.41, 5.74) is 2.15. The Morgan fingerprint density at radius 3 is 2.78 bits per heavy atom. The highest BCUT2D eigenvalue weighted by atomic mass is 79.9. The number of amides is 1. The highest BCUT2D eigenvalue weighted by Crippen LogP contribution is 2.33. The maximum Gasteiger partial charge on any atom is 0.266 e. The van der Waals surface area contributed by atoms with E-state index >= 15 is 0 Å². The van der Waals surface area contributed by atoms with E-state index in [2.05, 4.69) is 22.0 Å². The van der Waals surface area contributed by atoms with Crippen LogP contribution < -0.4 is 0 Å². The van der Waals surface area contributed by atoms with Crippen LogP contribution in [-0.2, 0) is 4.79 Å². The number of benzene rings is 1. The van der Waals surface area contributed by atoms with Gasteiger partial charge in [-0.15, -0.1) is 0 Å². The molecule has 6 heteroatoms. The molecule has 1 aromatic heterocycles. The van der Waals surface area contributed by atoms with Crippen molar-refractivity contribution in [3.63, 3.8) is 0 Å². The van der Waals surface area contributed by atoms with E-state index in [1.807, 2.05) is 38.1 Å². The summed E-state index contributed by atoms with van der Waals surface area (Å²) in [4.78, 5) is 14.4. The van der Waals surface area contributed by atoms with E-state index in [9.17, 15) is 4.79 Å². The Morgan fingerprint density at radius 1 is 1.35 bits per heavy atom. The molecule has 1 aromatic carbocycles. The summed E-state index contributed by atoms with van der Waals surface area (Å²) in [5, 5.41) is 0. The van der Waals surface area contributed by atoms with Gasteiger partial charge in [-0.2, -0.15) is 0 Å². The fraction of sp³-hybridized carbons (Fsp3) is 0.176. The summed E-state index contributed by atoms with van der Waals surface area (Å²) in [6.07, 6.45) is 1.75. The smallest absolute Gasteiger partial charge is 0.266 e. The molecule has 0 N–H and O–H groups in total. The van der Waals surface area contributed by atoms with Gasteiger partial charge in [0.2, 0.25) is 0 Å². The molecule has 2 heterocycles. The fourth-order valence-electron chi connectivity index (χ4n) is 2.29. The molecule has 1 saturated heterocycles. The van der Waals surface area contributed by atoms with Crippen LogP contribution in [0.5, 0.6) is 0 Å². The van der Waals surface area contributed by atoms with Gasteiger partial charge in [0, 0.05) is 22.7 Å². The van der Waals surface area contributed by atoms with Crippen molar-refractivity contribution in [3.05, 3.63) is 51.0 Å². The molecule has 2 aromatic rings. The van der Waals surface area contributed by atoms with Crippen LogP contribution in [0.15, 0.2) is 44.1 Å². The van der Waals surface area contributed by atoms with E-state index in [0.717, 1.165) is 21.4 Å². The Bertz CT molecular complexity index is 826. The molecule has 1 amide bonds. The fourth-order valence-corrected chi connectivity index (χ4v) is 3.90. The zero-order valence-corrected chi connectivity index (χ0v) is 15.8. The molecule has 0 atom stereocenters. The largest absolute Gasteiger partial charge is 0.457 e. The van der Waals surface area contributed by atoms with Gasteiger partial charge < -0.3 is 4.42 Å². The Balaban J connectivity index is 1.88.